The number of nitrogens with zero attached hydrogens (tertiary/aromatic N) is 8. The number of piperidine rings is 2. The predicted octanol–water partition coefficient (Wildman–Crippen LogP) is 3.40. The quantitative estimate of drug-likeness (QED) is 0.315. The second-order valence-corrected chi connectivity index (χ2v) is 13.3. The Labute approximate surface area is 273 Å². The van der Waals surface area contributed by atoms with Gasteiger partial charge in [0.05, 0.1) is 18.6 Å². The normalized spacial score (nSPS) is 17.1. The number of nitrogens with one attached hydrogen (secondary N) is 1. The zero-order chi connectivity index (χ0) is 33.3. The molecule has 5 heterocycles. The Bertz CT molecular complexity index is 1990. The van der Waals surface area contributed by atoms with Gasteiger partial charge >= 0.3 is 11.8 Å². The number of anilines is 2. The average molecular weight is 642 g/mol. The first-order valence-electron chi connectivity index (χ1n) is 16.4. The molecule has 1 N–H and O–H groups in total. The van der Waals surface area contributed by atoms with Crippen LogP contribution in [0.25, 0.3) is 22.1 Å². The molecule has 13 nitrogen and oxygen atoms in total. The minimum Gasteiger partial charge on any atom is -0.444 e. The van der Waals surface area contributed by atoms with Gasteiger partial charge in [-0.15, -0.1) is 5.92 Å². The number of para-hydroxylation sites is 1. The van der Waals surface area contributed by atoms with Gasteiger partial charge in [-0.2, -0.15) is 4.98 Å². The van der Waals surface area contributed by atoms with Crippen LogP contribution in [0, 0.1) is 11.8 Å². The first kappa shape index (κ1) is 32.1. The number of imidazole rings is 1. The summed E-state index contributed by atoms with van der Waals surface area (Å²) in [5, 5.41) is 3.93. The number of alkyl carbamates (subject to hydrolysis) is 1. The van der Waals surface area contributed by atoms with Gasteiger partial charge in [0, 0.05) is 44.7 Å². The molecule has 0 bridgehead atoms. The Morgan fingerprint density at radius 1 is 1.00 bits per heavy atom. The Hall–Kier alpha value is -4.86. The van der Waals surface area contributed by atoms with E-state index < -0.39 is 22.9 Å². The minimum absolute atomic E-state index is 0.0846. The molecule has 0 aliphatic carbocycles. The lowest BCUT2D eigenvalue weighted by Gasteiger charge is -2.34. The van der Waals surface area contributed by atoms with Gasteiger partial charge in [-0.3, -0.25) is 18.5 Å². The summed E-state index contributed by atoms with van der Waals surface area (Å²) in [5.74, 6) is 7.75. The van der Waals surface area contributed by atoms with E-state index in [1.165, 1.54) is 15.6 Å². The summed E-state index contributed by atoms with van der Waals surface area (Å²) >= 11 is 0. The van der Waals surface area contributed by atoms with E-state index in [2.05, 4.69) is 22.1 Å². The largest absolute Gasteiger partial charge is 0.444 e. The van der Waals surface area contributed by atoms with Crippen LogP contribution in [-0.4, -0.2) is 72.6 Å². The molecule has 0 radical (unpaired) electrons. The van der Waals surface area contributed by atoms with Gasteiger partial charge in [0.25, 0.3) is 5.56 Å². The SMILES string of the molecule is CC#CCn1c(N2CCCC(NC(=O)OC(C)(C)C)C2)nc2c1c(=O)n(Cc1nc(N3CCCCC3)c3ccccc3n1)c(=O)n2C. The maximum absolute atomic E-state index is 14.3. The molecule has 0 spiro atoms. The third-order valence-electron chi connectivity index (χ3n) is 8.64. The Balaban J connectivity index is 1.40. The number of benzene rings is 1. The molecule has 1 unspecified atom stereocenters. The molecule has 1 amide bonds. The lowest BCUT2D eigenvalue weighted by atomic mass is 10.1. The molecule has 13 heteroatoms. The highest BCUT2D eigenvalue weighted by molar-refractivity contribution is 5.89. The number of aromatic nitrogens is 6. The van der Waals surface area contributed by atoms with Crippen molar-refractivity contribution in [2.45, 2.75) is 84.5 Å². The van der Waals surface area contributed by atoms with Crippen molar-refractivity contribution in [1.29, 1.82) is 0 Å². The lowest BCUT2D eigenvalue weighted by Crippen LogP contribution is -2.49. The zero-order valence-electron chi connectivity index (χ0n) is 27.9. The van der Waals surface area contributed by atoms with E-state index in [0.717, 1.165) is 55.5 Å². The summed E-state index contributed by atoms with van der Waals surface area (Å²) in [7, 11) is 1.62. The number of aryl methyl sites for hydroxylation is 1. The molecule has 47 heavy (non-hydrogen) atoms. The lowest BCUT2D eigenvalue weighted by molar-refractivity contribution is 0.0499. The number of hydrogen-bond donors (Lipinski definition) is 1. The van der Waals surface area contributed by atoms with Crippen LogP contribution in [0.4, 0.5) is 16.6 Å². The van der Waals surface area contributed by atoms with Crippen LogP contribution < -0.4 is 26.4 Å². The molecule has 2 aliphatic heterocycles. The number of carbonyl (C=O) groups is 1. The van der Waals surface area contributed by atoms with Crippen molar-refractivity contribution in [3.8, 4) is 11.8 Å². The Morgan fingerprint density at radius 2 is 1.74 bits per heavy atom. The molecule has 0 saturated carbocycles. The van der Waals surface area contributed by atoms with E-state index >= 15 is 0 Å². The average Bonchev–Trinajstić information content (AvgIpc) is 3.44. The van der Waals surface area contributed by atoms with Crippen LogP contribution in [0.3, 0.4) is 0 Å². The molecule has 248 valence electrons. The van der Waals surface area contributed by atoms with Crippen LogP contribution in [0.2, 0.25) is 0 Å². The van der Waals surface area contributed by atoms with Crippen LogP contribution in [0.15, 0.2) is 33.9 Å². The molecule has 6 rings (SSSR count). The molecule has 4 aromatic rings. The fourth-order valence-corrected chi connectivity index (χ4v) is 6.47. The van der Waals surface area contributed by atoms with E-state index in [0.29, 0.717) is 24.9 Å². The molecule has 1 atom stereocenters. The number of hydrogen-bond acceptors (Lipinski definition) is 9. The summed E-state index contributed by atoms with van der Waals surface area (Å²) in [6.45, 7) is 10.3. The predicted molar refractivity (Wildman–Crippen MR) is 182 cm³/mol. The summed E-state index contributed by atoms with van der Waals surface area (Å²) in [6.07, 6.45) is 4.47. The summed E-state index contributed by atoms with van der Waals surface area (Å²) in [6, 6.07) is 7.68. The number of amides is 1. The van der Waals surface area contributed by atoms with Gasteiger partial charge in [-0.05, 0) is 71.9 Å². The molecule has 2 fully saturated rings. The van der Waals surface area contributed by atoms with Crippen molar-refractivity contribution in [3.63, 3.8) is 0 Å². The zero-order valence-corrected chi connectivity index (χ0v) is 27.9. The first-order chi connectivity index (χ1) is 22.5. The van der Waals surface area contributed by atoms with Crippen molar-refractivity contribution in [1.82, 2.24) is 34.0 Å². The van der Waals surface area contributed by atoms with Crippen molar-refractivity contribution >= 4 is 39.9 Å². The molecule has 2 aliphatic rings. The second kappa shape index (κ2) is 13.1. The van der Waals surface area contributed by atoms with E-state index in [9.17, 15) is 14.4 Å². The van der Waals surface area contributed by atoms with Gasteiger partial charge in [0.1, 0.15) is 11.4 Å². The number of carbonyl (C=O) groups excluding carboxylic acids is 1. The van der Waals surface area contributed by atoms with Crippen molar-refractivity contribution in [3.05, 3.63) is 50.9 Å². The van der Waals surface area contributed by atoms with Crippen molar-refractivity contribution in [2.75, 3.05) is 36.0 Å². The maximum Gasteiger partial charge on any atom is 0.407 e. The van der Waals surface area contributed by atoms with Crippen LogP contribution >= 0.6 is 0 Å². The third-order valence-corrected chi connectivity index (χ3v) is 8.64. The Kier molecular flexibility index (Phi) is 8.94. The molecule has 3 aromatic heterocycles. The number of fused-ring (bicyclic) bond motifs is 2. The number of rotatable bonds is 6. The van der Waals surface area contributed by atoms with Crippen molar-refractivity contribution < 1.29 is 9.53 Å². The summed E-state index contributed by atoms with van der Waals surface area (Å²) in [5.41, 5.74) is -0.252. The topological polar surface area (TPSA) is 132 Å². The highest BCUT2D eigenvalue weighted by Gasteiger charge is 2.29. The van der Waals surface area contributed by atoms with Crippen LogP contribution in [-0.2, 0) is 24.9 Å². The van der Waals surface area contributed by atoms with Crippen LogP contribution in [0.5, 0.6) is 0 Å². The molecule has 2 saturated heterocycles. The molecule has 1 aromatic carbocycles. The smallest absolute Gasteiger partial charge is 0.407 e. The fourth-order valence-electron chi connectivity index (χ4n) is 6.47. The van der Waals surface area contributed by atoms with E-state index in [4.69, 9.17) is 19.7 Å². The third kappa shape index (κ3) is 6.68. The summed E-state index contributed by atoms with van der Waals surface area (Å²) < 4.78 is 9.85. The summed E-state index contributed by atoms with van der Waals surface area (Å²) in [4.78, 5) is 59.4. The Morgan fingerprint density at radius 3 is 2.49 bits per heavy atom. The maximum atomic E-state index is 14.3. The molecular formula is C34H43N9O4. The highest BCUT2D eigenvalue weighted by Crippen LogP contribution is 2.27. The highest BCUT2D eigenvalue weighted by atomic mass is 16.6. The second-order valence-electron chi connectivity index (χ2n) is 13.3. The molecular weight excluding hydrogens is 598 g/mol. The monoisotopic (exact) mass is 641 g/mol. The van der Waals surface area contributed by atoms with Gasteiger partial charge in [0.15, 0.2) is 17.0 Å². The van der Waals surface area contributed by atoms with Gasteiger partial charge < -0.3 is 19.9 Å². The van der Waals surface area contributed by atoms with E-state index in [1.54, 1.807) is 18.5 Å². The first-order valence-corrected chi connectivity index (χ1v) is 16.4. The van der Waals surface area contributed by atoms with Gasteiger partial charge in [-0.1, -0.05) is 18.1 Å². The number of ether oxygens (including phenoxy) is 1. The minimum atomic E-state index is -0.608. The standard InChI is InChI=1S/C34H43N9O4/c1-6-7-20-42-27-29(38-31(42)41-19-13-14-23(21-41)35-32(45)47-34(2,3)4)39(5)33(46)43(30(27)44)22-26-36-25-16-10-9-15-24(25)28(37-26)40-17-11-8-12-18-40/h9-10,15-16,23H,8,11-14,17-22H2,1-5H3,(H,35,45). The van der Waals surface area contributed by atoms with Gasteiger partial charge in [0.2, 0.25) is 5.95 Å². The van der Waals surface area contributed by atoms with Crippen molar-refractivity contribution in [2.24, 2.45) is 7.05 Å². The van der Waals surface area contributed by atoms with Gasteiger partial charge in [-0.25, -0.2) is 19.6 Å². The van der Waals surface area contributed by atoms with E-state index in [-0.39, 0.29) is 30.3 Å². The van der Waals surface area contributed by atoms with E-state index in [1.807, 2.05) is 49.9 Å². The van der Waals surface area contributed by atoms with Crippen LogP contribution in [0.1, 0.15) is 65.6 Å². The fraction of sp³-hybridized carbons (Fsp3) is 0.529.